The van der Waals surface area contributed by atoms with E-state index < -0.39 is 0 Å². The number of benzene rings is 2. The van der Waals surface area contributed by atoms with E-state index in [4.69, 9.17) is 4.74 Å². The molecule has 0 spiro atoms. The highest BCUT2D eigenvalue weighted by atomic mass is 16.5. The number of unbranched alkanes of at least 4 members (excludes halogenated alkanes) is 1. The molecule has 5 heteroatoms. The molecule has 5 nitrogen and oxygen atoms in total. The number of carbonyl (C=O) groups is 1. The minimum atomic E-state index is 0.708. The SMILES string of the molecule is COc1ccc(C(=C2CCN(CCCCc3ncnc4c3CCCC4)CC2)c2ccc(C=O)cc2)cc1. The van der Waals surface area contributed by atoms with E-state index in [0.29, 0.717) is 5.56 Å². The van der Waals surface area contributed by atoms with Crippen molar-refractivity contribution in [3.63, 3.8) is 0 Å². The number of rotatable bonds is 9. The van der Waals surface area contributed by atoms with Gasteiger partial charge in [0.2, 0.25) is 0 Å². The number of methoxy groups -OCH3 is 1. The Morgan fingerprint density at radius 2 is 1.59 bits per heavy atom. The number of carbonyl (C=O) groups excluding carboxylic acids is 1. The number of ether oxygens (including phenoxy) is 1. The van der Waals surface area contributed by atoms with E-state index >= 15 is 0 Å². The summed E-state index contributed by atoms with van der Waals surface area (Å²) < 4.78 is 5.38. The highest BCUT2D eigenvalue weighted by molar-refractivity contribution is 5.84. The maximum atomic E-state index is 11.2. The monoisotopic (exact) mass is 495 g/mol. The van der Waals surface area contributed by atoms with Crippen LogP contribution in [-0.2, 0) is 19.3 Å². The van der Waals surface area contributed by atoms with Crippen molar-refractivity contribution in [1.29, 1.82) is 0 Å². The van der Waals surface area contributed by atoms with Crippen molar-refractivity contribution in [2.75, 3.05) is 26.7 Å². The topological polar surface area (TPSA) is 55.3 Å². The van der Waals surface area contributed by atoms with Crippen LogP contribution in [-0.4, -0.2) is 47.9 Å². The molecule has 0 saturated carbocycles. The number of piperidine rings is 1. The molecule has 5 rings (SSSR count). The van der Waals surface area contributed by atoms with Gasteiger partial charge in [0, 0.05) is 30.0 Å². The molecule has 1 aliphatic heterocycles. The predicted molar refractivity (Wildman–Crippen MR) is 148 cm³/mol. The lowest BCUT2D eigenvalue weighted by Gasteiger charge is -2.30. The molecule has 2 aromatic carbocycles. The Bertz CT molecular complexity index is 1220. The van der Waals surface area contributed by atoms with Gasteiger partial charge in [-0.1, -0.05) is 42.0 Å². The van der Waals surface area contributed by atoms with Crippen molar-refractivity contribution in [3.05, 3.63) is 94.1 Å². The van der Waals surface area contributed by atoms with Crippen molar-refractivity contribution in [2.24, 2.45) is 0 Å². The number of hydrogen-bond acceptors (Lipinski definition) is 5. The second-order valence-electron chi connectivity index (χ2n) is 10.2. The summed E-state index contributed by atoms with van der Waals surface area (Å²) in [5.41, 5.74) is 9.90. The third kappa shape index (κ3) is 6.16. The maximum Gasteiger partial charge on any atom is 0.150 e. The molecule has 37 heavy (non-hydrogen) atoms. The Morgan fingerprint density at radius 3 is 2.30 bits per heavy atom. The third-order valence-electron chi connectivity index (χ3n) is 7.88. The van der Waals surface area contributed by atoms with Crippen LogP contribution in [0.1, 0.15) is 77.0 Å². The van der Waals surface area contributed by atoms with Gasteiger partial charge in [-0.25, -0.2) is 9.97 Å². The molecule has 3 aromatic rings. The molecular formula is C32H37N3O2. The number of aryl methyl sites for hydroxylation is 2. The summed E-state index contributed by atoms with van der Waals surface area (Å²) in [4.78, 5) is 22.9. The van der Waals surface area contributed by atoms with E-state index in [1.807, 2.05) is 24.3 Å². The zero-order valence-corrected chi connectivity index (χ0v) is 21.9. The van der Waals surface area contributed by atoms with Crippen LogP contribution in [0.2, 0.25) is 0 Å². The van der Waals surface area contributed by atoms with Gasteiger partial charge in [-0.15, -0.1) is 0 Å². The van der Waals surface area contributed by atoms with E-state index in [9.17, 15) is 4.79 Å². The Balaban J connectivity index is 1.22. The Labute approximate surface area is 220 Å². The molecule has 0 radical (unpaired) electrons. The largest absolute Gasteiger partial charge is 0.497 e. The fourth-order valence-electron chi connectivity index (χ4n) is 5.79. The normalized spacial score (nSPS) is 15.8. The van der Waals surface area contributed by atoms with Gasteiger partial charge in [-0.2, -0.15) is 0 Å². The average molecular weight is 496 g/mol. The molecular weight excluding hydrogens is 458 g/mol. The van der Waals surface area contributed by atoms with Crippen molar-refractivity contribution in [2.45, 2.75) is 57.8 Å². The van der Waals surface area contributed by atoms with Crippen LogP contribution in [0.25, 0.3) is 5.57 Å². The van der Waals surface area contributed by atoms with Crippen LogP contribution in [0.15, 0.2) is 60.4 Å². The van der Waals surface area contributed by atoms with Crippen molar-refractivity contribution in [3.8, 4) is 5.75 Å². The van der Waals surface area contributed by atoms with Gasteiger partial charge in [0.05, 0.1) is 7.11 Å². The fraction of sp³-hybridized carbons (Fsp3) is 0.406. The molecule has 2 heterocycles. The molecule has 1 aliphatic carbocycles. The van der Waals surface area contributed by atoms with Gasteiger partial charge in [0.15, 0.2) is 0 Å². The average Bonchev–Trinajstić information content (AvgIpc) is 2.97. The van der Waals surface area contributed by atoms with Crippen LogP contribution in [0.4, 0.5) is 0 Å². The Hall–Kier alpha value is -3.31. The second-order valence-corrected chi connectivity index (χ2v) is 10.2. The zero-order valence-electron chi connectivity index (χ0n) is 21.9. The quantitative estimate of drug-likeness (QED) is 0.265. The van der Waals surface area contributed by atoms with Crippen molar-refractivity contribution in [1.82, 2.24) is 14.9 Å². The number of fused-ring (bicyclic) bond motifs is 1. The van der Waals surface area contributed by atoms with Crippen LogP contribution < -0.4 is 4.74 Å². The first-order valence-corrected chi connectivity index (χ1v) is 13.7. The van der Waals surface area contributed by atoms with Crippen LogP contribution in [0.3, 0.4) is 0 Å². The summed E-state index contributed by atoms with van der Waals surface area (Å²) in [6.07, 6.45) is 13.1. The highest BCUT2D eigenvalue weighted by Crippen LogP contribution is 2.33. The molecule has 1 fully saturated rings. The van der Waals surface area contributed by atoms with Gasteiger partial charge in [-0.3, -0.25) is 4.79 Å². The summed E-state index contributed by atoms with van der Waals surface area (Å²) >= 11 is 0. The maximum absolute atomic E-state index is 11.2. The molecule has 1 aromatic heterocycles. The third-order valence-corrected chi connectivity index (χ3v) is 7.88. The first-order valence-electron chi connectivity index (χ1n) is 13.7. The standard InChI is InChI=1S/C32H37N3O2/c1-37-28-15-13-26(14-16-28)32(25-11-9-24(22-36)10-12-25)27-17-20-35(21-18-27)19-5-4-8-31-29-6-2-3-7-30(29)33-23-34-31/h9-16,22-23H,2-8,17-21H2,1H3. The summed E-state index contributed by atoms with van der Waals surface area (Å²) in [6.45, 7) is 3.32. The van der Waals surface area contributed by atoms with Crippen molar-refractivity contribution < 1.29 is 9.53 Å². The number of aromatic nitrogens is 2. The van der Waals surface area contributed by atoms with Gasteiger partial charge < -0.3 is 9.64 Å². The minimum Gasteiger partial charge on any atom is -0.497 e. The van der Waals surface area contributed by atoms with E-state index in [0.717, 1.165) is 63.8 Å². The molecule has 0 unspecified atom stereocenters. The summed E-state index contributed by atoms with van der Waals surface area (Å²) in [5, 5.41) is 0. The van der Waals surface area contributed by atoms with E-state index in [1.165, 1.54) is 64.9 Å². The van der Waals surface area contributed by atoms with Crippen LogP contribution in [0.5, 0.6) is 5.75 Å². The molecule has 0 bridgehead atoms. The van der Waals surface area contributed by atoms with E-state index in [1.54, 1.807) is 13.4 Å². The molecule has 0 atom stereocenters. The van der Waals surface area contributed by atoms with Crippen LogP contribution in [0, 0.1) is 0 Å². The molecule has 0 amide bonds. The first kappa shape index (κ1) is 25.3. The van der Waals surface area contributed by atoms with Gasteiger partial charge in [0.1, 0.15) is 18.4 Å². The van der Waals surface area contributed by atoms with E-state index in [-0.39, 0.29) is 0 Å². The number of aldehydes is 1. The van der Waals surface area contributed by atoms with Gasteiger partial charge >= 0.3 is 0 Å². The Kier molecular flexibility index (Phi) is 8.42. The lowest BCUT2D eigenvalue weighted by atomic mass is 9.88. The zero-order chi connectivity index (χ0) is 25.5. The van der Waals surface area contributed by atoms with Gasteiger partial charge in [0.25, 0.3) is 0 Å². The number of nitrogens with zero attached hydrogens (tertiary/aromatic N) is 3. The summed E-state index contributed by atoms with van der Waals surface area (Å²) in [5.74, 6) is 0.863. The number of hydrogen-bond donors (Lipinski definition) is 0. The second kappa shape index (κ2) is 12.3. The summed E-state index contributed by atoms with van der Waals surface area (Å²) in [7, 11) is 1.70. The predicted octanol–water partition coefficient (Wildman–Crippen LogP) is 6.10. The minimum absolute atomic E-state index is 0.708. The smallest absolute Gasteiger partial charge is 0.150 e. The van der Waals surface area contributed by atoms with E-state index in [2.05, 4.69) is 39.1 Å². The molecule has 1 saturated heterocycles. The first-order chi connectivity index (χ1) is 18.2. The Morgan fingerprint density at radius 1 is 0.892 bits per heavy atom. The molecule has 2 aliphatic rings. The molecule has 192 valence electrons. The fourth-order valence-corrected chi connectivity index (χ4v) is 5.79. The lowest BCUT2D eigenvalue weighted by molar-refractivity contribution is 0.112. The number of likely N-dealkylation sites (tertiary alicyclic amines) is 1. The van der Waals surface area contributed by atoms with Crippen molar-refractivity contribution >= 4 is 11.9 Å². The highest BCUT2D eigenvalue weighted by Gasteiger charge is 2.20. The van der Waals surface area contributed by atoms with Gasteiger partial charge in [-0.05, 0) is 98.7 Å². The lowest BCUT2D eigenvalue weighted by Crippen LogP contribution is -2.32. The van der Waals surface area contributed by atoms with Crippen LogP contribution >= 0.6 is 0 Å². The summed E-state index contributed by atoms with van der Waals surface area (Å²) in [6, 6.07) is 16.3. The molecule has 0 N–H and O–H groups in total.